The van der Waals surface area contributed by atoms with Crippen LogP contribution >= 0.6 is 11.8 Å². The van der Waals surface area contributed by atoms with Crippen molar-refractivity contribution in [3.8, 4) is 5.75 Å². The van der Waals surface area contributed by atoms with E-state index in [4.69, 9.17) is 10.5 Å². The van der Waals surface area contributed by atoms with E-state index in [1.165, 1.54) is 6.42 Å². The summed E-state index contributed by atoms with van der Waals surface area (Å²) in [5.41, 5.74) is 6.72. The molecular weight excluding hydrogens is 432 g/mol. The van der Waals surface area contributed by atoms with Crippen molar-refractivity contribution in [1.82, 2.24) is 0 Å². The number of nitrogens with one attached hydrogen (secondary N) is 1. The molecule has 0 saturated heterocycles. The average molecular weight is 469 g/mol. The fraction of sp³-hybridized carbons (Fsp3) is 0.481. The molecule has 0 aliphatic heterocycles. The first-order valence-corrected chi connectivity index (χ1v) is 12.9. The van der Waals surface area contributed by atoms with E-state index >= 15 is 0 Å². The number of hydrogen-bond donors (Lipinski definition) is 2. The van der Waals surface area contributed by atoms with Crippen LogP contribution in [0.25, 0.3) is 0 Å². The second-order valence-corrected chi connectivity index (χ2v) is 10.1. The molecule has 0 atom stereocenters. The van der Waals surface area contributed by atoms with Gasteiger partial charge in [0.15, 0.2) is 6.61 Å². The molecule has 1 aliphatic rings. The number of thioether (sulfide) groups is 1. The zero-order valence-corrected chi connectivity index (χ0v) is 20.6. The summed E-state index contributed by atoms with van der Waals surface area (Å²) < 4.78 is 5.58. The Hall–Kier alpha value is -2.47. The summed E-state index contributed by atoms with van der Waals surface area (Å²) in [4.78, 5) is 26.9. The molecule has 0 bridgehead atoms. The van der Waals surface area contributed by atoms with Crippen molar-refractivity contribution in [3.05, 3.63) is 48.5 Å². The number of anilines is 2. The minimum atomic E-state index is -0.311. The van der Waals surface area contributed by atoms with Crippen molar-refractivity contribution in [2.24, 2.45) is 11.3 Å². The van der Waals surface area contributed by atoms with E-state index in [0.29, 0.717) is 23.0 Å². The van der Waals surface area contributed by atoms with Gasteiger partial charge in [-0.05, 0) is 73.3 Å². The van der Waals surface area contributed by atoms with Gasteiger partial charge in [0.25, 0.3) is 0 Å². The second kappa shape index (κ2) is 12.1. The van der Waals surface area contributed by atoms with Crippen LogP contribution in [-0.4, -0.2) is 17.6 Å². The van der Waals surface area contributed by atoms with Crippen molar-refractivity contribution < 1.29 is 14.3 Å². The Labute approximate surface area is 201 Å². The highest BCUT2D eigenvalue weighted by Gasteiger charge is 2.40. The lowest BCUT2D eigenvalue weighted by molar-refractivity contribution is -0.128. The number of carbonyl (C=O) groups is 2. The van der Waals surface area contributed by atoms with E-state index in [1.54, 1.807) is 24.3 Å². The summed E-state index contributed by atoms with van der Waals surface area (Å²) in [7, 11) is 0. The van der Waals surface area contributed by atoms with E-state index < -0.39 is 0 Å². The van der Waals surface area contributed by atoms with Crippen LogP contribution in [0, 0.1) is 11.3 Å². The Morgan fingerprint density at radius 3 is 2.36 bits per heavy atom. The number of ether oxygens (including phenoxy) is 1. The Bertz CT molecular complexity index is 919. The smallest absolute Gasteiger partial charge is 0.231 e. The molecule has 0 spiro atoms. The molecule has 0 aromatic heterocycles. The van der Waals surface area contributed by atoms with Gasteiger partial charge >= 0.3 is 0 Å². The zero-order valence-electron chi connectivity index (χ0n) is 19.8. The van der Waals surface area contributed by atoms with E-state index in [0.717, 1.165) is 61.6 Å². The van der Waals surface area contributed by atoms with Crippen LogP contribution in [0.15, 0.2) is 53.4 Å². The minimum absolute atomic E-state index is 0.0600. The van der Waals surface area contributed by atoms with Crippen LogP contribution in [0.4, 0.5) is 11.4 Å². The van der Waals surface area contributed by atoms with E-state index in [2.05, 4.69) is 19.2 Å². The van der Waals surface area contributed by atoms with Gasteiger partial charge in [0.05, 0.1) is 5.69 Å². The van der Waals surface area contributed by atoms with Crippen molar-refractivity contribution in [2.75, 3.05) is 17.7 Å². The monoisotopic (exact) mass is 468 g/mol. The lowest BCUT2D eigenvalue weighted by atomic mass is 9.67. The molecule has 2 aromatic carbocycles. The molecule has 0 unspecified atom stereocenters. The predicted molar refractivity (Wildman–Crippen MR) is 136 cm³/mol. The number of nitrogen functional groups attached to an aromatic ring is 1. The second-order valence-electron chi connectivity index (χ2n) is 9.01. The minimum Gasteiger partial charge on any atom is -0.485 e. The van der Waals surface area contributed by atoms with Gasteiger partial charge in [-0.3, -0.25) is 9.59 Å². The van der Waals surface area contributed by atoms with Crippen LogP contribution < -0.4 is 15.8 Å². The lowest BCUT2D eigenvalue weighted by Crippen LogP contribution is -2.39. The Morgan fingerprint density at radius 2 is 1.70 bits per heavy atom. The maximum Gasteiger partial charge on any atom is 0.231 e. The van der Waals surface area contributed by atoms with Gasteiger partial charge in [0.2, 0.25) is 11.0 Å². The number of para-hydroxylation sites is 1. The standard InChI is InChI=1S/C27H36N2O3S/c1-3-20(4-2)18-27(16-8-5-9-17-27)26(31)29-23-10-6-7-11-24(23)33-25(30)19-32-22-14-12-21(28)13-15-22/h6-7,10-15,20H,3-5,8-9,16-19,28H2,1-2H3,(H,29,31). The van der Waals surface area contributed by atoms with Gasteiger partial charge in [0, 0.05) is 16.0 Å². The van der Waals surface area contributed by atoms with E-state index in [-0.39, 0.29) is 23.0 Å². The van der Waals surface area contributed by atoms with E-state index in [9.17, 15) is 9.59 Å². The van der Waals surface area contributed by atoms with Gasteiger partial charge in [-0.2, -0.15) is 0 Å². The van der Waals surface area contributed by atoms with Crippen molar-refractivity contribution in [3.63, 3.8) is 0 Å². The molecule has 1 amide bonds. The number of nitrogens with two attached hydrogens (primary N) is 1. The van der Waals surface area contributed by atoms with Gasteiger partial charge in [-0.1, -0.05) is 58.1 Å². The molecule has 0 heterocycles. The fourth-order valence-corrected chi connectivity index (χ4v) is 5.39. The SMILES string of the molecule is CCC(CC)CC1(C(=O)Nc2ccccc2SC(=O)COc2ccc(N)cc2)CCCCC1. The largest absolute Gasteiger partial charge is 0.485 e. The summed E-state index contributed by atoms with van der Waals surface area (Å²) in [6.07, 6.45) is 8.43. The summed E-state index contributed by atoms with van der Waals surface area (Å²) in [5.74, 6) is 1.26. The molecule has 3 rings (SSSR count). The van der Waals surface area contributed by atoms with E-state index in [1.807, 2.05) is 24.3 Å². The molecule has 0 radical (unpaired) electrons. The normalized spacial score (nSPS) is 15.2. The topological polar surface area (TPSA) is 81.4 Å². The molecular formula is C27H36N2O3S. The van der Waals surface area contributed by atoms with Crippen LogP contribution in [0.2, 0.25) is 0 Å². The van der Waals surface area contributed by atoms with Crippen LogP contribution in [0.1, 0.15) is 65.2 Å². The summed E-state index contributed by atoms with van der Waals surface area (Å²) in [5, 5.41) is 3.07. The van der Waals surface area contributed by atoms with Crippen molar-refractivity contribution in [1.29, 1.82) is 0 Å². The third kappa shape index (κ3) is 7.00. The molecule has 5 nitrogen and oxygen atoms in total. The summed E-state index contributed by atoms with van der Waals surface area (Å²) >= 11 is 1.10. The molecule has 6 heteroatoms. The Kier molecular flexibility index (Phi) is 9.24. The van der Waals surface area contributed by atoms with Gasteiger partial charge in [0.1, 0.15) is 5.75 Å². The molecule has 1 saturated carbocycles. The van der Waals surface area contributed by atoms with Crippen LogP contribution in [0.3, 0.4) is 0 Å². The summed E-state index contributed by atoms with van der Waals surface area (Å²) in [6.45, 7) is 4.37. The molecule has 3 N–H and O–H groups in total. The predicted octanol–water partition coefficient (Wildman–Crippen LogP) is 6.68. The first kappa shape index (κ1) is 25.2. The summed E-state index contributed by atoms with van der Waals surface area (Å²) in [6, 6.07) is 14.5. The van der Waals surface area contributed by atoms with Crippen molar-refractivity contribution >= 4 is 34.2 Å². The maximum atomic E-state index is 13.6. The maximum absolute atomic E-state index is 13.6. The van der Waals surface area contributed by atoms with Gasteiger partial charge < -0.3 is 15.8 Å². The number of rotatable bonds is 10. The highest BCUT2D eigenvalue weighted by molar-refractivity contribution is 8.13. The molecule has 2 aromatic rings. The number of benzene rings is 2. The van der Waals surface area contributed by atoms with Crippen LogP contribution in [-0.2, 0) is 9.59 Å². The average Bonchev–Trinajstić information content (AvgIpc) is 2.84. The zero-order chi connectivity index (χ0) is 23.7. The number of hydrogen-bond acceptors (Lipinski definition) is 5. The molecule has 1 fully saturated rings. The molecule has 178 valence electrons. The van der Waals surface area contributed by atoms with Gasteiger partial charge in [-0.25, -0.2) is 0 Å². The van der Waals surface area contributed by atoms with Crippen molar-refractivity contribution in [2.45, 2.75) is 70.1 Å². The molecule has 1 aliphatic carbocycles. The third-order valence-electron chi connectivity index (χ3n) is 6.72. The van der Waals surface area contributed by atoms with Crippen LogP contribution in [0.5, 0.6) is 5.75 Å². The Balaban J connectivity index is 1.67. The fourth-order valence-electron chi connectivity index (χ4n) is 4.65. The highest BCUT2D eigenvalue weighted by Crippen LogP contribution is 2.44. The molecule has 33 heavy (non-hydrogen) atoms. The lowest BCUT2D eigenvalue weighted by Gasteiger charge is -2.38. The first-order chi connectivity index (χ1) is 16.0. The highest BCUT2D eigenvalue weighted by atomic mass is 32.2. The quantitative estimate of drug-likeness (QED) is 0.300. The number of amides is 1. The Morgan fingerprint density at radius 1 is 1.03 bits per heavy atom. The third-order valence-corrected chi connectivity index (χ3v) is 7.64. The number of carbonyl (C=O) groups excluding carboxylic acids is 2. The first-order valence-electron chi connectivity index (χ1n) is 12.0. The van der Waals surface area contributed by atoms with Gasteiger partial charge in [-0.15, -0.1) is 0 Å².